The molecule has 0 aromatic heterocycles. The minimum absolute atomic E-state index is 0.0371. The molecule has 0 saturated carbocycles. The molecule has 29 heavy (non-hydrogen) atoms. The van der Waals surface area contributed by atoms with Crippen LogP contribution in [0.5, 0.6) is 5.75 Å². The van der Waals surface area contributed by atoms with E-state index >= 15 is 0 Å². The Balaban J connectivity index is 1.72. The van der Waals surface area contributed by atoms with Crippen molar-refractivity contribution < 1.29 is 14.3 Å². The van der Waals surface area contributed by atoms with Gasteiger partial charge in [0, 0.05) is 28.4 Å². The molecule has 0 radical (unpaired) electrons. The SMILES string of the molecule is CCCCCN1C(=O)COc2ccc(NC(=O)/C=C/c3ccc(Cl)cc3Cl)cc21. The van der Waals surface area contributed by atoms with Gasteiger partial charge in [-0.25, -0.2) is 0 Å². The Morgan fingerprint density at radius 3 is 2.79 bits per heavy atom. The van der Waals surface area contributed by atoms with Crippen LogP contribution < -0.4 is 15.0 Å². The first-order chi connectivity index (χ1) is 14.0. The van der Waals surface area contributed by atoms with E-state index < -0.39 is 0 Å². The summed E-state index contributed by atoms with van der Waals surface area (Å²) in [5.74, 6) is 0.258. The molecular weight excluding hydrogens is 411 g/mol. The number of hydrogen-bond acceptors (Lipinski definition) is 3. The van der Waals surface area contributed by atoms with Crippen molar-refractivity contribution in [3.63, 3.8) is 0 Å². The summed E-state index contributed by atoms with van der Waals surface area (Å²) in [6.07, 6.45) is 6.06. The topological polar surface area (TPSA) is 58.6 Å². The van der Waals surface area contributed by atoms with E-state index in [-0.39, 0.29) is 18.4 Å². The Morgan fingerprint density at radius 1 is 1.21 bits per heavy atom. The Bertz CT molecular complexity index is 944. The van der Waals surface area contributed by atoms with E-state index in [0.29, 0.717) is 39.3 Å². The summed E-state index contributed by atoms with van der Waals surface area (Å²) >= 11 is 12.0. The van der Waals surface area contributed by atoms with Crippen molar-refractivity contribution in [2.24, 2.45) is 0 Å². The second-order valence-electron chi connectivity index (χ2n) is 6.71. The fourth-order valence-corrected chi connectivity index (χ4v) is 3.50. The van der Waals surface area contributed by atoms with Crippen LogP contribution in [-0.2, 0) is 9.59 Å². The van der Waals surface area contributed by atoms with E-state index in [2.05, 4.69) is 12.2 Å². The number of carbonyl (C=O) groups is 2. The number of carbonyl (C=O) groups excluding carboxylic acids is 2. The van der Waals surface area contributed by atoms with Crippen molar-refractivity contribution in [1.82, 2.24) is 0 Å². The Kier molecular flexibility index (Phi) is 7.18. The van der Waals surface area contributed by atoms with Gasteiger partial charge in [0.25, 0.3) is 5.91 Å². The third-order valence-electron chi connectivity index (χ3n) is 4.53. The van der Waals surface area contributed by atoms with Gasteiger partial charge < -0.3 is 15.0 Å². The maximum atomic E-state index is 12.3. The van der Waals surface area contributed by atoms with Crippen LogP contribution in [-0.4, -0.2) is 25.0 Å². The zero-order valence-corrected chi connectivity index (χ0v) is 17.6. The van der Waals surface area contributed by atoms with Gasteiger partial charge in [-0.15, -0.1) is 0 Å². The van der Waals surface area contributed by atoms with Crippen LogP contribution in [0.25, 0.3) is 6.08 Å². The van der Waals surface area contributed by atoms with E-state index in [1.54, 1.807) is 47.4 Å². The van der Waals surface area contributed by atoms with Gasteiger partial charge in [-0.2, -0.15) is 0 Å². The number of halogens is 2. The first-order valence-corrected chi connectivity index (χ1v) is 10.2. The lowest BCUT2D eigenvalue weighted by molar-refractivity contribution is -0.121. The van der Waals surface area contributed by atoms with E-state index in [0.717, 1.165) is 19.3 Å². The summed E-state index contributed by atoms with van der Waals surface area (Å²) < 4.78 is 5.52. The second-order valence-corrected chi connectivity index (χ2v) is 7.56. The van der Waals surface area contributed by atoms with E-state index in [4.69, 9.17) is 27.9 Å². The molecule has 7 heteroatoms. The number of hydrogen-bond donors (Lipinski definition) is 1. The monoisotopic (exact) mass is 432 g/mol. The van der Waals surface area contributed by atoms with Gasteiger partial charge in [0.05, 0.1) is 5.69 Å². The number of fused-ring (bicyclic) bond motifs is 1. The maximum Gasteiger partial charge on any atom is 0.265 e. The Hall–Kier alpha value is -2.50. The molecule has 5 nitrogen and oxygen atoms in total. The van der Waals surface area contributed by atoms with Crippen molar-refractivity contribution in [3.05, 3.63) is 58.1 Å². The van der Waals surface area contributed by atoms with Crippen LogP contribution in [0.3, 0.4) is 0 Å². The summed E-state index contributed by atoms with van der Waals surface area (Å²) in [4.78, 5) is 26.3. The normalized spacial score (nSPS) is 13.3. The molecule has 0 unspecified atom stereocenters. The standard InChI is InChI=1S/C22H22Cl2N2O3/c1-2-3-4-11-26-19-13-17(8-9-20(19)29-14-22(26)28)25-21(27)10-6-15-5-7-16(23)12-18(15)24/h5-10,12-13H,2-4,11,14H2,1H3,(H,25,27)/b10-6+. The van der Waals surface area contributed by atoms with Crippen LogP contribution in [0.2, 0.25) is 10.0 Å². The molecule has 0 atom stereocenters. The highest BCUT2D eigenvalue weighted by Gasteiger charge is 2.25. The van der Waals surface area contributed by atoms with Crippen LogP contribution in [0.15, 0.2) is 42.5 Å². The number of benzene rings is 2. The van der Waals surface area contributed by atoms with Crippen molar-refractivity contribution in [2.45, 2.75) is 26.2 Å². The maximum absolute atomic E-state index is 12.3. The molecule has 1 heterocycles. The molecule has 0 spiro atoms. The molecule has 0 aliphatic carbocycles. The molecule has 2 aromatic rings. The summed E-state index contributed by atoms with van der Waals surface area (Å²) in [5, 5.41) is 3.81. The van der Waals surface area contributed by atoms with E-state index in [1.165, 1.54) is 6.08 Å². The molecule has 3 rings (SSSR count). The fourth-order valence-electron chi connectivity index (χ4n) is 3.03. The van der Waals surface area contributed by atoms with Crippen molar-refractivity contribution in [1.29, 1.82) is 0 Å². The Labute approximate surface area is 180 Å². The predicted molar refractivity (Wildman–Crippen MR) is 118 cm³/mol. The number of amides is 2. The first kappa shape index (κ1) is 21.2. The number of anilines is 2. The van der Waals surface area contributed by atoms with Crippen LogP contribution in [0, 0.1) is 0 Å². The average molecular weight is 433 g/mol. The number of rotatable bonds is 7. The largest absolute Gasteiger partial charge is 0.482 e. The Morgan fingerprint density at radius 2 is 2.03 bits per heavy atom. The molecule has 2 amide bonds. The quantitative estimate of drug-likeness (QED) is 0.459. The van der Waals surface area contributed by atoms with Crippen molar-refractivity contribution >= 4 is 52.5 Å². The summed E-state index contributed by atoms with van der Waals surface area (Å²) in [5.41, 5.74) is 1.96. The van der Waals surface area contributed by atoms with Gasteiger partial charge in [0.2, 0.25) is 5.91 Å². The molecule has 0 fully saturated rings. The van der Waals surface area contributed by atoms with Gasteiger partial charge in [0.15, 0.2) is 6.61 Å². The van der Waals surface area contributed by atoms with Gasteiger partial charge in [-0.3, -0.25) is 9.59 Å². The highest BCUT2D eigenvalue weighted by Crippen LogP contribution is 2.35. The van der Waals surface area contributed by atoms with Crippen LogP contribution in [0.1, 0.15) is 31.7 Å². The number of unbranched alkanes of at least 4 members (excludes halogenated alkanes) is 2. The first-order valence-electron chi connectivity index (χ1n) is 9.49. The molecule has 152 valence electrons. The van der Waals surface area contributed by atoms with Gasteiger partial charge >= 0.3 is 0 Å². The summed E-state index contributed by atoms with van der Waals surface area (Å²) in [6, 6.07) is 10.3. The van der Waals surface area contributed by atoms with E-state index in [1.807, 2.05) is 0 Å². The highest BCUT2D eigenvalue weighted by molar-refractivity contribution is 6.35. The molecule has 0 bridgehead atoms. The zero-order valence-electron chi connectivity index (χ0n) is 16.1. The lowest BCUT2D eigenvalue weighted by Crippen LogP contribution is -2.39. The molecule has 1 aliphatic rings. The third-order valence-corrected chi connectivity index (χ3v) is 5.09. The second kappa shape index (κ2) is 9.81. The van der Waals surface area contributed by atoms with Gasteiger partial charge in [-0.1, -0.05) is 49.0 Å². The summed E-state index contributed by atoms with van der Waals surface area (Å²) in [7, 11) is 0. The average Bonchev–Trinajstić information content (AvgIpc) is 2.69. The van der Waals surface area contributed by atoms with Crippen molar-refractivity contribution in [2.75, 3.05) is 23.4 Å². The molecule has 1 N–H and O–H groups in total. The van der Waals surface area contributed by atoms with Gasteiger partial charge in [-0.05, 0) is 48.4 Å². The zero-order chi connectivity index (χ0) is 20.8. The van der Waals surface area contributed by atoms with Crippen LogP contribution >= 0.6 is 23.2 Å². The highest BCUT2D eigenvalue weighted by atomic mass is 35.5. The smallest absolute Gasteiger partial charge is 0.265 e. The fraction of sp³-hybridized carbons (Fsp3) is 0.273. The summed E-state index contributed by atoms with van der Waals surface area (Å²) in [6.45, 7) is 2.79. The molecular formula is C22H22Cl2N2O3. The number of ether oxygens (including phenoxy) is 1. The minimum atomic E-state index is -0.309. The van der Waals surface area contributed by atoms with Crippen molar-refractivity contribution in [3.8, 4) is 5.75 Å². The molecule has 1 aliphatic heterocycles. The molecule has 0 saturated heterocycles. The lowest BCUT2D eigenvalue weighted by atomic mass is 10.1. The minimum Gasteiger partial charge on any atom is -0.482 e. The van der Waals surface area contributed by atoms with E-state index in [9.17, 15) is 9.59 Å². The lowest BCUT2D eigenvalue weighted by Gasteiger charge is -2.29. The third kappa shape index (κ3) is 5.52. The molecule has 2 aromatic carbocycles. The van der Waals surface area contributed by atoms with Crippen LogP contribution in [0.4, 0.5) is 11.4 Å². The number of nitrogens with one attached hydrogen (secondary N) is 1. The number of nitrogens with zero attached hydrogens (tertiary/aromatic N) is 1. The van der Waals surface area contributed by atoms with Gasteiger partial charge in [0.1, 0.15) is 5.75 Å². The predicted octanol–water partition coefficient (Wildman–Crippen LogP) is 5.56.